The van der Waals surface area contributed by atoms with Crippen molar-refractivity contribution in [2.24, 2.45) is 5.41 Å². The van der Waals surface area contributed by atoms with Crippen LogP contribution in [0.4, 0.5) is 0 Å². The van der Waals surface area contributed by atoms with Gasteiger partial charge in [-0.15, -0.1) is 0 Å². The summed E-state index contributed by atoms with van der Waals surface area (Å²) in [4.78, 5) is 11.7. The van der Waals surface area contributed by atoms with Crippen LogP contribution in [0.2, 0.25) is 0 Å². The summed E-state index contributed by atoms with van der Waals surface area (Å²) in [6.45, 7) is 10.9. The Morgan fingerprint density at radius 1 is 0.800 bits per heavy atom. The predicted molar refractivity (Wildman–Crippen MR) is 84.1 cm³/mol. The minimum absolute atomic E-state index is 0.221. The van der Waals surface area contributed by atoms with E-state index in [0.717, 1.165) is 19.4 Å². The van der Waals surface area contributed by atoms with Crippen molar-refractivity contribution in [1.82, 2.24) is 0 Å². The van der Waals surface area contributed by atoms with Gasteiger partial charge in [-0.3, -0.25) is 4.79 Å². The maximum atomic E-state index is 11.7. The Hall–Kier alpha value is -0.410. The fourth-order valence-corrected chi connectivity index (χ4v) is 1.84. The second-order valence-electron chi connectivity index (χ2n) is 6.42. The molecule has 0 amide bonds. The van der Waals surface area contributed by atoms with Crippen LogP contribution in [-0.2, 0) is 14.3 Å². The molecule has 0 aliphatic carbocycles. The zero-order chi connectivity index (χ0) is 15.3. The highest BCUT2D eigenvalue weighted by atomic mass is 16.5. The average molecular weight is 286 g/mol. The van der Waals surface area contributed by atoms with Gasteiger partial charge in [-0.25, -0.2) is 0 Å². The fourth-order valence-electron chi connectivity index (χ4n) is 1.84. The molecule has 0 radical (unpaired) electrons. The zero-order valence-electron chi connectivity index (χ0n) is 14.0. The lowest BCUT2D eigenvalue weighted by Crippen LogP contribution is -2.20. The molecule has 0 atom stereocenters. The summed E-state index contributed by atoms with van der Waals surface area (Å²) in [5, 5.41) is 0. The first-order valence-corrected chi connectivity index (χ1v) is 8.17. The molecule has 0 fully saturated rings. The molecule has 0 spiro atoms. The molecule has 120 valence electrons. The van der Waals surface area contributed by atoms with E-state index in [1.807, 2.05) is 20.8 Å². The van der Waals surface area contributed by atoms with Gasteiger partial charge in [0.2, 0.25) is 0 Å². The molecule has 0 aromatic rings. The number of hydrogen-bond donors (Lipinski definition) is 0. The Morgan fingerprint density at radius 2 is 1.35 bits per heavy atom. The number of rotatable bonds is 13. The van der Waals surface area contributed by atoms with Crippen molar-refractivity contribution in [2.45, 2.75) is 72.6 Å². The molecular weight excluding hydrogens is 252 g/mol. The molecular formula is C17H34O3. The minimum atomic E-state index is -0.221. The first-order chi connectivity index (χ1) is 9.48. The average Bonchev–Trinajstić information content (AvgIpc) is 2.38. The van der Waals surface area contributed by atoms with Gasteiger partial charge in [-0.1, -0.05) is 53.4 Å². The van der Waals surface area contributed by atoms with Crippen molar-refractivity contribution >= 4 is 5.78 Å². The van der Waals surface area contributed by atoms with Gasteiger partial charge in [-0.2, -0.15) is 0 Å². The molecule has 0 saturated heterocycles. The Balaban J connectivity index is 3.16. The van der Waals surface area contributed by atoms with Crippen LogP contribution in [0.3, 0.4) is 0 Å². The summed E-state index contributed by atoms with van der Waals surface area (Å²) in [5.41, 5.74) is -0.221. The molecule has 0 aromatic carbocycles. The molecule has 0 heterocycles. The molecule has 0 aliphatic heterocycles. The summed E-state index contributed by atoms with van der Waals surface area (Å²) in [5.74, 6) is 0.310. The number of Topliss-reactive ketones (excluding diaryl/α,β-unsaturated/α-hetero) is 1. The van der Waals surface area contributed by atoms with E-state index in [4.69, 9.17) is 9.47 Å². The van der Waals surface area contributed by atoms with Crippen molar-refractivity contribution in [3.63, 3.8) is 0 Å². The standard InChI is InChI=1S/C17H34O3/c1-5-6-7-8-9-12-19-14-15-20-13-10-11-16(18)17(2,3)4/h5-15H2,1-4H3. The van der Waals surface area contributed by atoms with Crippen molar-refractivity contribution in [3.8, 4) is 0 Å². The van der Waals surface area contributed by atoms with Gasteiger partial charge in [0.25, 0.3) is 0 Å². The van der Waals surface area contributed by atoms with Crippen molar-refractivity contribution in [2.75, 3.05) is 26.4 Å². The molecule has 0 saturated carbocycles. The highest BCUT2D eigenvalue weighted by molar-refractivity contribution is 5.83. The van der Waals surface area contributed by atoms with E-state index in [1.165, 1.54) is 25.7 Å². The third-order valence-corrected chi connectivity index (χ3v) is 3.29. The largest absolute Gasteiger partial charge is 0.379 e. The Labute approximate surface area is 125 Å². The molecule has 0 bridgehead atoms. The van der Waals surface area contributed by atoms with Gasteiger partial charge in [0.1, 0.15) is 5.78 Å². The lowest BCUT2D eigenvalue weighted by atomic mass is 9.88. The molecule has 0 rings (SSSR count). The number of unbranched alkanes of at least 4 members (excludes halogenated alkanes) is 4. The van der Waals surface area contributed by atoms with Crippen LogP contribution in [0, 0.1) is 5.41 Å². The lowest BCUT2D eigenvalue weighted by molar-refractivity contribution is -0.126. The SMILES string of the molecule is CCCCCCCOCCOCCCC(=O)C(C)(C)C. The van der Waals surface area contributed by atoms with Crippen LogP contribution >= 0.6 is 0 Å². The molecule has 20 heavy (non-hydrogen) atoms. The number of ketones is 1. The van der Waals surface area contributed by atoms with E-state index in [9.17, 15) is 4.79 Å². The van der Waals surface area contributed by atoms with Gasteiger partial charge in [0.15, 0.2) is 0 Å². The van der Waals surface area contributed by atoms with Crippen LogP contribution in [0.15, 0.2) is 0 Å². The molecule has 0 unspecified atom stereocenters. The quantitative estimate of drug-likeness (QED) is 0.471. The summed E-state index contributed by atoms with van der Waals surface area (Å²) in [6.07, 6.45) is 7.78. The highest BCUT2D eigenvalue weighted by Crippen LogP contribution is 2.17. The van der Waals surface area contributed by atoms with Crippen molar-refractivity contribution < 1.29 is 14.3 Å². The normalized spacial score (nSPS) is 11.8. The third kappa shape index (κ3) is 12.6. The van der Waals surface area contributed by atoms with Crippen molar-refractivity contribution in [3.05, 3.63) is 0 Å². The predicted octanol–water partition coefficient (Wildman–Crippen LogP) is 4.39. The minimum Gasteiger partial charge on any atom is -0.379 e. The first-order valence-electron chi connectivity index (χ1n) is 8.17. The highest BCUT2D eigenvalue weighted by Gasteiger charge is 2.19. The topological polar surface area (TPSA) is 35.5 Å². The van der Waals surface area contributed by atoms with Gasteiger partial charge in [0.05, 0.1) is 13.2 Å². The zero-order valence-corrected chi connectivity index (χ0v) is 14.0. The van der Waals surface area contributed by atoms with Crippen LogP contribution in [-0.4, -0.2) is 32.2 Å². The summed E-state index contributed by atoms with van der Waals surface area (Å²) in [6, 6.07) is 0. The van der Waals surface area contributed by atoms with Gasteiger partial charge < -0.3 is 9.47 Å². The van der Waals surface area contributed by atoms with Crippen LogP contribution in [0.25, 0.3) is 0 Å². The second kappa shape index (κ2) is 12.3. The number of ether oxygens (including phenoxy) is 2. The van der Waals surface area contributed by atoms with Crippen molar-refractivity contribution in [1.29, 1.82) is 0 Å². The smallest absolute Gasteiger partial charge is 0.138 e. The van der Waals surface area contributed by atoms with Gasteiger partial charge in [-0.05, 0) is 12.8 Å². The second-order valence-corrected chi connectivity index (χ2v) is 6.42. The maximum absolute atomic E-state index is 11.7. The molecule has 3 nitrogen and oxygen atoms in total. The summed E-state index contributed by atoms with van der Waals surface area (Å²) >= 11 is 0. The Kier molecular flexibility index (Phi) is 12.1. The lowest BCUT2D eigenvalue weighted by Gasteiger charge is -2.16. The number of carbonyl (C=O) groups excluding carboxylic acids is 1. The van der Waals surface area contributed by atoms with E-state index in [2.05, 4.69) is 6.92 Å². The molecule has 3 heteroatoms. The first kappa shape index (κ1) is 19.6. The van der Waals surface area contributed by atoms with Gasteiger partial charge in [0, 0.05) is 25.0 Å². The third-order valence-electron chi connectivity index (χ3n) is 3.29. The number of carbonyl (C=O) groups is 1. The van der Waals surface area contributed by atoms with Crippen LogP contribution in [0.5, 0.6) is 0 Å². The molecule has 0 N–H and O–H groups in total. The maximum Gasteiger partial charge on any atom is 0.138 e. The van der Waals surface area contributed by atoms with E-state index in [0.29, 0.717) is 32.0 Å². The van der Waals surface area contributed by atoms with Gasteiger partial charge >= 0.3 is 0 Å². The number of hydrogen-bond acceptors (Lipinski definition) is 3. The van der Waals surface area contributed by atoms with E-state index < -0.39 is 0 Å². The molecule has 0 aromatic heterocycles. The van der Waals surface area contributed by atoms with E-state index in [-0.39, 0.29) is 5.41 Å². The van der Waals surface area contributed by atoms with Crippen LogP contribution in [0.1, 0.15) is 72.6 Å². The fraction of sp³-hybridized carbons (Fsp3) is 0.941. The van der Waals surface area contributed by atoms with E-state index >= 15 is 0 Å². The van der Waals surface area contributed by atoms with E-state index in [1.54, 1.807) is 0 Å². The summed E-state index contributed by atoms with van der Waals surface area (Å²) in [7, 11) is 0. The Bertz CT molecular complexity index is 231. The van der Waals surface area contributed by atoms with Crippen LogP contribution < -0.4 is 0 Å². The molecule has 0 aliphatic rings. The summed E-state index contributed by atoms with van der Waals surface area (Å²) < 4.78 is 11.0. The Morgan fingerprint density at radius 3 is 1.90 bits per heavy atom. The monoisotopic (exact) mass is 286 g/mol.